The summed E-state index contributed by atoms with van der Waals surface area (Å²) in [5.74, 6) is -0.191. The Labute approximate surface area is 93.0 Å². The van der Waals surface area contributed by atoms with Crippen molar-refractivity contribution in [1.82, 2.24) is 4.90 Å². The number of aliphatic carboxylic acids is 1. The van der Waals surface area contributed by atoms with Gasteiger partial charge in [-0.15, -0.1) is 0 Å². The van der Waals surface area contributed by atoms with Crippen LogP contribution in [-0.2, 0) is 9.59 Å². The molecule has 2 rings (SSSR count). The molecule has 1 aliphatic heterocycles. The van der Waals surface area contributed by atoms with Gasteiger partial charge in [-0.1, -0.05) is 6.92 Å². The predicted octanol–water partition coefficient (Wildman–Crippen LogP) is 0.815. The van der Waals surface area contributed by atoms with Crippen LogP contribution in [0.2, 0.25) is 0 Å². The molecule has 1 saturated heterocycles. The van der Waals surface area contributed by atoms with Gasteiger partial charge in [0.1, 0.15) is 5.41 Å². The van der Waals surface area contributed by atoms with Crippen LogP contribution in [0.3, 0.4) is 0 Å². The van der Waals surface area contributed by atoms with Crippen LogP contribution in [0.15, 0.2) is 0 Å². The summed E-state index contributed by atoms with van der Waals surface area (Å²) in [6.45, 7) is 3.46. The van der Waals surface area contributed by atoms with E-state index in [2.05, 4.69) is 6.92 Å². The molecule has 2 aliphatic rings. The molecule has 0 bridgehead atoms. The second-order valence-electron chi connectivity index (χ2n) is 4.32. The van der Waals surface area contributed by atoms with E-state index in [0.717, 1.165) is 5.75 Å². The van der Waals surface area contributed by atoms with Crippen molar-refractivity contribution >= 4 is 23.6 Å². The molecule has 4 nitrogen and oxygen atoms in total. The maximum absolute atomic E-state index is 12.0. The minimum atomic E-state index is -1.05. The number of carboxylic acids is 1. The molecule has 0 aromatic carbocycles. The lowest BCUT2D eigenvalue weighted by Gasteiger charge is -2.32. The molecule has 1 unspecified atom stereocenters. The largest absolute Gasteiger partial charge is 0.480 e. The molecule has 1 aliphatic carbocycles. The number of hydrogen-bond acceptors (Lipinski definition) is 3. The van der Waals surface area contributed by atoms with Crippen LogP contribution in [-0.4, -0.2) is 46.0 Å². The van der Waals surface area contributed by atoms with Crippen molar-refractivity contribution in [2.45, 2.75) is 25.0 Å². The second kappa shape index (κ2) is 3.70. The predicted molar refractivity (Wildman–Crippen MR) is 57.8 cm³/mol. The number of thioether (sulfide) groups is 1. The van der Waals surface area contributed by atoms with Crippen molar-refractivity contribution in [3.8, 4) is 0 Å². The van der Waals surface area contributed by atoms with Crippen LogP contribution in [0.1, 0.15) is 19.8 Å². The Hall–Kier alpha value is -0.710. The Morgan fingerprint density at radius 2 is 2.13 bits per heavy atom. The lowest BCUT2D eigenvalue weighted by Crippen LogP contribution is -2.46. The van der Waals surface area contributed by atoms with E-state index in [9.17, 15) is 9.59 Å². The van der Waals surface area contributed by atoms with Crippen molar-refractivity contribution < 1.29 is 14.7 Å². The quantitative estimate of drug-likeness (QED) is 0.712. The van der Waals surface area contributed by atoms with E-state index in [-0.39, 0.29) is 5.91 Å². The summed E-state index contributed by atoms with van der Waals surface area (Å²) in [7, 11) is 0. The second-order valence-corrected chi connectivity index (χ2v) is 5.87. The van der Waals surface area contributed by atoms with Crippen molar-refractivity contribution in [1.29, 1.82) is 0 Å². The molecular weight excluding hydrogens is 214 g/mol. The van der Waals surface area contributed by atoms with Crippen LogP contribution in [0, 0.1) is 5.41 Å². The molecule has 1 heterocycles. The van der Waals surface area contributed by atoms with Gasteiger partial charge in [0.05, 0.1) is 0 Å². The van der Waals surface area contributed by atoms with E-state index in [0.29, 0.717) is 31.2 Å². The van der Waals surface area contributed by atoms with Crippen LogP contribution in [0.25, 0.3) is 0 Å². The first-order valence-corrected chi connectivity index (χ1v) is 6.25. The average Bonchev–Trinajstić information content (AvgIpc) is 2.97. The molecule has 84 valence electrons. The molecule has 1 amide bonds. The lowest BCUT2D eigenvalue weighted by molar-refractivity contribution is -0.153. The summed E-state index contributed by atoms with van der Waals surface area (Å²) in [4.78, 5) is 24.7. The number of nitrogens with zero attached hydrogens (tertiary/aromatic N) is 1. The van der Waals surface area contributed by atoms with Gasteiger partial charge in [-0.25, -0.2) is 0 Å². The van der Waals surface area contributed by atoms with Crippen LogP contribution in [0.5, 0.6) is 0 Å². The van der Waals surface area contributed by atoms with Crippen molar-refractivity contribution in [2.75, 3.05) is 18.8 Å². The van der Waals surface area contributed by atoms with Gasteiger partial charge >= 0.3 is 5.97 Å². The van der Waals surface area contributed by atoms with Gasteiger partial charge in [0.15, 0.2) is 0 Å². The van der Waals surface area contributed by atoms with Gasteiger partial charge in [0.2, 0.25) is 5.91 Å². The van der Waals surface area contributed by atoms with E-state index in [1.165, 1.54) is 0 Å². The monoisotopic (exact) mass is 229 g/mol. The summed E-state index contributed by atoms with van der Waals surface area (Å²) in [5, 5.41) is 9.44. The van der Waals surface area contributed by atoms with E-state index >= 15 is 0 Å². The maximum atomic E-state index is 12.0. The van der Waals surface area contributed by atoms with Crippen LogP contribution in [0.4, 0.5) is 0 Å². The van der Waals surface area contributed by atoms with E-state index < -0.39 is 11.4 Å². The molecule has 5 heteroatoms. The zero-order valence-electron chi connectivity index (χ0n) is 8.73. The minimum absolute atomic E-state index is 0.165. The van der Waals surface area contributed by atoms with Gasteiger partial charge in [-0.2, -0.15) is 11.8 Å². The van der Waals surface area contributed by atoms with Crippen LogP contribution < -0.4 is 0 Å². The number of carbonyl (C=O) groups is 2. The van der Waals surface area contributed by atoms with E-state index in [4.69, 9.17) is 5.11 Å². The highest BCUT2D eigenvalue weighted by atomic mass is 32.2. The third kappa shape index (κ3) is 1.85. The first-order valence-electron chi connectivity index (χ1n) is 5.21. The number of hydrogen-bond donors (Lipinski definition) is 1. The van der Waals surface area contributed by atoms with E-state index in [1.807, 2.05) is 11.8 Å². The van der Waals surface area contributed by atoms with Gasteiger partial charge in [-0.3, -0.25) is 9.59 Å². The molecule has 1 saturated carbocycles. The zero-order valence-corrected chi connectivity index (χ0v) is 9.55. The standard InChI is InChI=1S/C10H15NO3S/c1-7-6-11(4-5-15-7)8(12)10(2-3-10)9(13)14/h7H,2-6H2,1H3,(H,13,14). The number of rotatable bonds is 2. The van der Waals surface area contributed by atoms with Crippen molar-refractivity contribution in [3.63, 3.8) is 0 Å². The molecule has 1 atom stereocenters. The maximum Gasteiger partial charge on any atom is 0.319 e. The Balaban J connectivity index is 2.04. The Bertz CT molecular complexity index is 301. The Morgan fingerprint density at radius 3 is 2.60 bits per heavy atom. The first-order chi connectivity index (χ1) is 7.06. The highest BCUT2D eigenvalue weighted by Crippen LogP contribution is 2.47. The number of carboxylic acid groups (broad SMARTS) is 1. The molecule has 0 spiro atoms. The molecule has 1 N–H and O–H groups in total. The number of amides is 1. The highest BCUT2D eigenvalue weighted by molar-refractivity contribution is 7.99. The van der Waals surface area contributed by atoms with Gasteiger partial charge in [0, 0.05) is 24.1 Å². The molecule has 0 radical (unpaired) electrons. The normalized spacial score (nSPS) is 28.6. The van der Waals surface area contributed by atoms with Crippen molar-refractivity contribution in [2.24, 2.45) is 5.41 Å². The first kappa shape index (κ1) is 10.8. The van der Waals surface area contributed by atoms with E-state index in [1.54, 1.807) is 4.90 Å². The van der Waals surface area contributed by atoms with Gasteiger partial charge in [0.25, 0.3) is 0 Å². The van der Waals surface area contributed by atoms with Gasteiger partial charge < -0.3 is 10.0 Å². The summed E-state index contributed by atoms with van der Waals surface area (Å²) in [6.07, 6.45) is 1.03. The zero-order chi connectivity index (χ0) is 11.1. The van der Waals surface area contributed by atoms with Gasteiger partial charge in [-0.05, 0) is 12.8 Å². The fourth-order valence-corrected chi connectivity index (χ4v) is 2.96. The topological polar surface area (TPSA) is 57.6 Å². The third-order valence-electron chi connectivity index (χ3n) is 3.10. The molecule has 15 heavy (non-hydrogen) atoms. The highest BCUT2D eigenvalue weighted by Gasteiger charge is 2.58. The van der Waals surface area contributed by atoms with Crippen LogP contribution >= 0.6 is 11.8 Å². The summed E-state index contributed by atoms with van der Waals surface area (Å²) < 4.78 is 0. The summed E-state index contributed by atoms with van der Waals surface area (Å²) in [5.41, 5.74) is -1.05. The Kier molecular flexibility index (Phi) is 2.66. The third-order valence-corrected chi connectivity index (χ3v) is 4.23. The molecule has 0 aromatic heterocycles. The molecular formula is C10H15NO3S. The minimum Gasteiger partial charge on any atom is -0.480 e. The fraction of sp³-hybridized carbons (Fsp3) is 0.800. The SMILES string of the molecule is CC1CN(C(=O)C2(C(=O)O)CC2)CCS1. The average molecular weight is 229 g/mol. The fourth-order valence-electron chi connectivity index (χ4n) is 1.95. The molecule has 0 aromatic rings. The summed E-state index contributed by atoms with van der Waals surface area (Å²) in [6, 6.07) is 0. The summed E-state index contributed by atoms with van der Waals surface area (Å²) >= 11 is 1.84. The lowest BCUT2D eigenvalue weighted by atomic mass is 10.1. The van der Waals surface area contributed by atoms with Crippen molar-refractivity contribution in [3.05, 3.63) is 0 Å². The molecule has 2 fully saturated rings. The smallest absolute Gasteiger partial charge is 0.319 e. The Morgan fingerprint density at radius 1 is 1.47 bits per heavy atom. The number of carbonyl (C=O) groups excluding carboxylic acids is 1.